The largest absolute Gasteiger partial charge is 0.497 e. The first-order chi connectivity index (χ1) is 15.0. The second-order valence-corrected chi connectivity index (χ2v) is 8.64. The molecule has 0 amide bonds. The molecule has 31 heavy (non-hydrogen) atoms. The lowest BCUT2D eigenvalue weighted by atomic mass is 9.78. The fraction of sp³-hybridized carbons (Fsp3) is 0.385. The van der Waals surface area contributed by atoms with Crippen molar-refractivity contribution in [3.05, 3.63) is 70.0 Å². The Morgan fingerprint density at radius 1 is 1.10 bits per heavy atom. The molecule has 0 spiro atoms. The van der Waals surface area contributed by atoms with Gasteiger partial charge >= 0.3 is 0 Å². The summed E-state index contributed by atoms with van der Waals surface area (Å²) in [7, 11) is 1.62. The molecule has 1 N–H and O–H groups in total. The molecule has 1 heterocycles. The smallest absolute Gasteiger partial charge is 0.261 e. The van der Waals surface area contributed by atoms with Crippen molar-refractivity contribution < 1.29 is 9.84 Å². The third kappa shape index (κ3) is 4.22. The van der Waals surface area contributed by atoms with Crippen LogP contribution >= 0.6 is 0 Å². The van der Waals surface area contributed by atoms with Crippen LogP contribution < -0.4 is 10.3 Å². The lowest BCUT2D eigenvalue weighted by molar-refractivity contribution is 0.242. The summed E-state index contributed by atoms with van der Waals surface area (Å²) in [6.07, 6.45) is 5.26. The van der Waals surface area contributed by atoms with Gasteiger partial charge in [-0.2, -0.15) is 0 Å². The minimum absolute atomic E-state index is 0.0419. The van der Waals surface area contributed by atoms with Crippen LogP contribution in [-0.2, 0) is 6.54 Å². The number of benzene rings is 2. The van der Waals surface area contributed by atoms with Crippen molar-refractivity contribution in [1.82, 2.24) is 4.57 Å². The zero-order valence-corrected chi connectivity index (χ0v) is 18.4. The summed E-state index contributed by atoms with van der Waals surface area (Å²) < 4.78 is 6.64. The van der Waals surface area contributed by atoms with Gasteiger partial charge in [-0.25, -0.2) is 0 Å². The quantitative estimate of drug-likeness (QED) is 0.593. The number of pyridine rings is 1. The zero-order valence-electron chi connectivity index (χ0n) is 18.4. The molecule has 3 aromatic rings. The lowest BCUT2D eigenvalue weighted by Crippen LogP contribution is -2.27. The van der Waals surface area contributed by atoms with Crippen LogP contribution in [0.3, 0.4) is 0 Å². The van der Waals surface area contributed by atoms with E-state index < -0.39 is 0 Å². The van der Waals surface area contributed by atoms with E-state index in [0.717, 1.165) is 23.1 Å². The molecule has 1 fully saturated rings. The predicted molar refractivity (Wildman–Crippen MR) is 126 cm³/mol. The van der Waals surface area contributed by atoms with E-state index in [0.29, 0.717) is 22.8 Å². The molecular formula is C26H30N2O3. The van der Waals surface area contributed by atoms with E-state index in [2.05, 4.69) is 13.8 Å². The first-order valence-corrected chi connectivity index (χ1v) is 11.0. The molecule has 4 rings (SSSR count). The average Bonchev–Trinajstić information content (AvgIpc) is 2.79. The van der Waals surface area contributed by atoms with Crippen LogP contribution in [0, 0.1) is 11.8 Å². The number of aromatic hydroxyl groups is 1. The first kappa shape index (κ1) is 21.2. The summed E-state index contributed by atoms with van der Waals surface area (Å²) in [6.45, 7) is 4.82. The highest BCUT2D eigenvalue weighted by atomic mass is 16.5. The normalized spacial score (nSPS) is 21.6. The molecule has 0 unspecified atom stereocenters. The molecule has 5 nitrogen and oxygen atoms in total. The van der Waals surface area contributed by atoms with Gasteiger partial charge in [0.15, 0.2) is 0 Å². The number of ether oxygens (including phenoxy) is 1. The van der Waals surface area contributed by atoms with Gasteiger partial charge in [-0.1, -0.05) is 57.0 Å². The summed E-state index contributed by atoms with van der Waals surface area (Å²) in [5, 5.41) is 12.4. The maximum Gasteiger partial charge on any atom is 0.261 e. The Balaban J connectivity index is 1.77. The van der Waals surface area contributed by atoms with Crippen molar-refractivity contribution in [3.8, 4) is 11.6 Å². The molecule has 162 valence electrons. The van der Waals surface area contributed by atoms with E-state index in [9.17, 15) is 9.90 Å². The van der Waals surface area contributed by atoms with Gasteiger partial charge in [0.1, 0.15) is 5.75 Å². The fourth-order valence-corrected chi connectivity index (χ4v) is 4.53. The minimum Gasteiger partial charge on any atom is -0.497 e. The van der Waals surface area contributed by atoms with Crippen LogP contribution in [0.15, 0.2) is 58.3 Å². The summed E-state index contributed by atoms with van der Waals surface area (Å²) in [5.74, 6) is 1.86. The highest BCUT2D eigenvalue weighted by molar-refractivity contribution is 6.01. The summed E-state index contributed by atoms with van der Waals surface area (Å²) in [5.41, 5.74) is 1.31. The van der Waals surface area contributed by atoms with E-state index in [1.807, 2.05) is 48.5 Å². The number of methoxy groups -OCH3 is 1. The molecule has 5 heteroatoms. The second-order valence-electron chi connectivity index (χ2n) is 8.64. The van der Waals surface area contributed by atoms with Crippen molar-refractivity contribution >= 4 is 17.0 Å². The van der Waals surface area contributed by atoms with Gasteiger partial charge in [-0.05, 0) is 42.0 Å². The van der Waals surface area contributed by atoms with Crippen LogP contribution in [0.2, 0.25) is 0 Å². The molecule has 1 aromatic heterocycles. The van der Waals surface area contributed by atoms with Gasteiger partial charge < -0.3 is 9.84 Å². The SMILES string of the molecule is COc1ccc(Cn2c(O)c(C=N[C@H]3CCC[C@H](C)[C@@H]3C)c3ccccc3c2=O)cc1. The number of rotatable bonds is 5. The van der Waals surface area contributed by atoms with E-state index in [1.54, 1.807) is 13.3 Å². The number of aromatic nitrogens is 1. The topological polar surface area (TPSA) is 63.8 Å². The molecule has 1 aliphatic rings. The number of hydrogen-bond acceptors (Lipinski definition) is 4. The van der Waals surface area contributed by atoms with Crippen molar-refractivity contribution in [3.63, 3.8) is 0 Å². The summed E-state index contributed by atoms with van der Waals surface area (Å²) in [6, 6.07) is 15.2. The number of nitrogens with zero attached hydrogens (tertiary/aromatic N) is 2. The monoisotopic (exact) mass is 418 g/mol. The molecule has 1 aliphatic carbocycles. The van der Waals surface area contributed by atoms with Gasteiger partial charge in [-0.3, -0.25) is 14.4 Å². The number of aliphatic imine (C=N–C) groups is 1. The van der Waals surface area contributed by atoms with Gasteiger partial charge in [0.25, 0.3) is 5.56 Å². The van der Waals surface area contributed by atoms with Crippen LogP contribution in [0.25, 0.3) is 10.8 Å². The Kier molecular flexibility index (Phi) is 6.12. The Bertz CT molecular complexity index is 1150. The maximum absolute atomic E-state index is 13.2. The summed E-state index contributed by atoms with van der Waals surface area (Å²) >= 11 is 0. The van der Waals surface area contributed by atoms with E-state index >= 15 is 0 Å². The second kappa shape index (κ2) is 8.96. The third-order valence-corrected chi connectivity index (χ3v) is 6.75. The zero-order chi connectivity index (χ0) is 22.0. The van der Waals surface area contributed by atoms with Crippen molar-refractivity contribution in [2.45, 2.75) is 45.7 Å². The van der Waals surface area contributed by atoms with Crippen LogP contribution in [-0.4, -0.2) is 29.0 Å². The van der Waals surface area contributed by atoms with Crippen molar-refractivity contribution in [2.24, 2.45) is 16.8 Å². The number of fused-ring (bicyclic) bond motifs is 1. The Morgan fingerprint density at radius 3 is 2.52 bits per heavy atom. The molecule has 0 saturated heterocycles. The van der Waals surface area contributed by atoms with Gasteiger partial charge in [0.2, 0.25) is 5.88 Å². The first-order valence-electron chi connectivity index (χ1n) is 11.0. The van der Waals surface area contributed by atoms with Crippen LogP contribution in [0.4, 0.5) is 0 Å². The Labute approximate surface area is 183 Å². The van der Waals surface area contributed by atoms with Crippen LogP contribution in [0.1, 0.15) is 44.2 Å². The lowest BCUT2D eigenvalue weighted by Gasteiger charge is -2.31. The highest BCUT2D eigenvalue weighted by Crippen LogP contribution is 2.32. The van der Waals surface area contributed by atoms with Gasteiger partial charge in [-0.15, -0.1) is 0 Å². The molecule has 3 atom stereocenters. The predicted octanol–water partition coefficient (Wildman–Crippen LogP) is 5.01. The molecule has 2 aromatic carbocycles. The maximum atomic E-state index is 13.2. The number of hydrogen-bond donors (Lipinski definition) is 1. The van der Waals surface area contributed by atoms with Crippen molar-refractivity contribution in [2.75, 3.05) is 7.11 Å². The minimum atomic E-state index is -0.208. The Hall–Kier alpha value is -3.08. The molecule has 0 aliphatic heterocycles. The molecule has 0 radical (unpaired) electrons. The van der Waals surface area contributed by atoms with E-state index in [-0.39, 0.29) is 24.0 Å². The van der Waals surface area contributed by atoms with E-state index in [4.69, 9.17) is 9.73 Å². The van der Waals surface area contributed by atoms with Crippen molar-refractivity contribution in [1.29, 1.82) is 0 Å². The summed E-state index contributed by atoms with van der Waals surface area (Å²) in [4.78, 5) is 18.0. The van der Waals surface area contributed by atoms with Gasteiger partial charge in [0.05, 0.1) is 25.3 Å². The third-order valence-electron chi connectivity index (χ3n) is 6.75. The Morgan fingerprint density at radius 2 is 1.81 bits per heavy atom. The molecule has 0 bridgehead atoms. The molecule has 1 saturated carbocycles. The standard InChI is InChI=1S/C26H30N2O3/c1-17-7-6-10-24(18(17)2)27-15-23-21-8-4-5-9-22(21)25(29)28(26(23)30)16-19-11-13-20(31-3)14-12-19/h4-5,8-9,11-15,17-18,24,30H,6-7,10,16H2,1-3H3/t17-,18-,24-/m0/s1. The average molecular weight is 419 g/mol. The van der Waals surface area contributed by atoms with Crippen LogP contribution in [0.5, 0.6) is 11.6 Å². The fourth-order valence-electron chi connectivity index (χ4n) is 4.53. The highest BCUT2D eigenvalue weighted by Gasteiger charge is 2.26. The van der Waals surface area contributed by atoms with E-state index in [1.165, 1.54) is 17.4 Å². The van der Waals surface area contributed by atoms with Gasteiger partial charge in [0, 0.05) is 17.0 Å². The molecular weight excluding hydrogens is 388 g/mol.